The molecule has 4 heteroatoms. The minimum absolute atomic E-state index is 0.313. The molecule has 0 N–H and O–H groups in total. The van der Waals surface area contributed by atoms with Crippen LogP contribution in [0.1, 0.15) is 31.2 Å². The third-order valence-electron chi connectivity index (χ3n) is 3.54. The Labute approximate surface area is 112 Å². The van der Waals surface area contributed by atoms with Crippen LogP contribution >= 0.6 is 11.6 Å². The fraction of sp³-hybridized carbons (Fsp3) is 0.429. The average molecular weight is 263 g/mol. The van der Waals surface area contributed by atoms with Gasteiger partial charge in [0.2, 0.25) is 0 Å². The normalized spacial score (nSPS) is 16.4. The summed E-state index contributed by atoms with van der Waals surface area (Å²) in [6.07, 6.45) is 2.98. The summed E-state index contributed by atoms with van der Waals surface area (Å²) in [6, 6.07) is 7.94. The van der Waals surface area contributed by atoms with Crippen molar-refractivity contribution in [1.29, 1.82) is 5.26 Å². The van der Waals surface area contributed by atoms with E-state index < -0.39 is 0 Å². The van der Waals surface area contributed by atoms with Gasteiger partial charge >= 0.3 is 0 Å². The van der Waals surface area contributed by atoms with E-state index >= 15 is 0 Å². The standard InChI is InChI=1S/C14H15ClN2O/c1-17(10-5-7-11(18)8-6-10)14-4-2-3-13(15)12(14)9-16/h2-4,10H,5-8H2,1H3. The van der Waals surface area contributed by atoms with Crippen molar-refractivity contribution in [3.63, 3.8) is 0 Å². The van der Waals surface area contributed by atoms with Gasteiger partial charge in [-0.25, -0.2) is 0 Å². The van der Waals surface area contributed by atoms with E-state index in [0.717, 1.165) is 18.5 Å². The van der Waals surface area contributed by atoms with Crippen molar-refractivity contribution in [3.8, 4) is 6.07 Å². The van der Waals surface area contributed by atoms with Gasteiger partial charge in [0.1, 0.15) is 11.9 Å². The lowest BCUT2D eigenvalue weighted by molar-refractivity contribution is -0.120. The first-order chi connectivity index (χ1) is 8.63. The predicted molar refractivity (Wildman–Crippen MR) is 71.8 cm³/mol. The molecule has 0 atom stereocenters. The number of hydrogen-bond donors (Lipinski definition) is 0. The van der Waals surface area contributed by atoms with Gasteiger partial charge in [-0.2, -0.15) is 5.26 Å². The van der Waals surface area contributed by atoms with Crippen LogP contribution in [0.4, 0.5) is 5.69 Å². The topological polar surface area (TPSA) is 44.1 Å². The summed E-state index contributed by atoms with van der Waals surface area (Å²) in [5.74, 6) is 0.339. The van der Waals surface area contributed by atoms with Crippen molar-refractivity contribution in [2.75, 3.05) is 11.9 Å². The first-order valence-electron chi connectivity index (χ1n) is 6.06. The fourth-order valence-corrected chi connectivity index (χ4v) is 2.64. The Morgan fingerprint density at radius 3 is 2.67 bits per heavy atom. The average Bonchev–Trinajstić information content (AvgIpc) is 2.38. The van der Waals surface area contributed by atoms with Gasteiger partial charge in [-0.05, 0) is 25.0 Å². The van der Waals surface area contributed by atoms with Crippen molar-refractivity contribution in [3.05, 3.63) is 28.8 Å². The number of benzene rings is 1. The number of ketones is 1. The van der Waals surface area contributed by atoms with Crippen LogP contribution in [0, 0.1) is 11.3 Å². The smallest absolute Gasteiger partial charge is 0.133 e. The molecule has 1 aromatic rings. The van der Waals surface area contributed by atoms with Crippen LogP contribution in [-0.2, 0) is 4.79 Å². The third-order valence-corrected chi connectivity index (χ3v) is 3.86. The second kappa shape index (κ2) is 5.41. The molecule has 2 rings (SSSR count). The van der Waals surface area contributed by atoms with Crippen molar-refractivity contribution < 1.29 is 4.79 Å². The molecule has 0 bridgehead atoms. The number of hydrogen-bond acceptors (Lipinski definition) is 3. The van der Waals surface area contributed by atoms with Crippen molar-refractivity contribution in [2.24, 2.45) is 0 Å². The van der Waals surface area contributed by atoms with E-state index in [1.54, 1.807) is 6.07 Å². The maximum Gasteiger partial charge on any atom is 0.133 e. The lowest BCUT2D eigenvalue weighted by Crippen LogP contribution is -2.35. The van der Waals surface area contributed by atoms with Crippen molar-refractivity contribution >= 4 is 23.1 Å². The molecule has 0 spiro atoms. The maximum atomic E-state index is 11.3. The molecule has 0 aliphatic heterocycles. The fourth-order valence-electron chi connectivity index (χ4n) is 2.43. The summed E-state index contributed by atoms with van der Waals surface area (Å²) in [7, 11) is 1.97. The van der Waals surface area contributed by atoms with Crippen LogP contribution in [0.15, 0.2) is 18.2 Å². The maximum absolute atomic E-state index is 11.3. The molecule has 1 fully saturated rings. The molecule has 1 aliphatic rings. The Morgan fingerprint density at radius 2 is 2.06 bits per heavy atom. The molecule has 0 amide bonds. The molecule has 94 valence electrons. The molecule has 0 aromatic heterocycles. The summed E-state index contributed by atoms with van der Waals surface area (Å²) < 4.78 is 0. The van der Waals surface area contributed by atoms with Gasteiger partial charge < -0.3 is 4.90 Å². The van der Waals surface area contributed by atoms with Crippen molar-refractivity contribution in [1.82, 2.24) is 0 Å². The second-order valence-electron chi connectivity index (χ2n) is 4.63. The van der Waals surface area contributed by atoms with Crippen LogP contribution in [-0.4, -0.2) is 18.9 Å². The Balaban J connectivity index is 2.24. The van der Waals surface area contributed by atoms with E-state index in [-0.39, 0.29) is 0 Å². The Bertz CT molecular complexity index is 497. The van der Waals surface area contributed by atoms with Gasteiger partial charge in [0.15, 0.2) is 0 Å². The molecule has 1 aliphatic carbocycles. The lowest BCUT2D eigenvalue weighted by Gasteiger charge is -2.33. The molecule has 3 nitrogen and oxygen atoms in total. The summed E-state index contributed by atoms with van der Waals surface area (Å²) in [6.45, 7) is 0. The van der Waals surface area contributed by atoms with Crippen molar-refractivity contribution in [2.45, 2.75) is 31.7 Å². The van der Waals surface area contributed by atoms with Crippen LogP contribution in [0.3, 0.4) is 0 Å². The highest BCUT2D eigenvalue weighted by atomic mass is 35.5. The zero-order valence-electron chi connectivity index (χ0n) is 10.3. The Hall–Kier alpha value is -1.53. The highest BCUT2D eigenvalue weighted by Crippen LogP contribution is 2.30. The van der Waals surface area contributed by atoms with E-state index in [2.05, 4.69) is 11.0 Å². The van der Waals surface area contributed by atoms with Crippen LogP contribution in [0.2, 0.25) is 5.02 Å². The van der Waals surface area contributed by atoms with Crippen LogP contribution in [0.5, 0.6) is 0 Å². The van der Waals surface area contributed by atoms with Crippen LogP contribution < -0.4 is 4.90 Å². The van der Waals surface area contributed by atoms with Gasteiger partial charge in [-0.3, -0.25) is 4.79 Å². The molecule has 18 heavy (non-hydrogen) atoms. The molecule has 0 unspecified atom stereocenters. The third kappa shape index (κ3) is 2.49. The van der Waals surface area contributed by atoms with Crippen LogP contribution in [0.25, 0.3) is 0 Å². The number of carbonyl (C=O) groups is 1. The summed E-state index contributed by atoms with van der Waals surface area (Å²) >= 11 is 6.03. The van der Waals surface area contributed by atoms with E-state index in [4.69, 9.17) is 11.6 Å². The number of rotatable bonds is 2. The van der Waals surface area contributed by atoms with E-state index in [0.29, 0.717) is 35.3 Å². The SMILES string of the molecule is CN(c1cccc(Cl)c1C#N)C1CCC(=O)CC1. The number of nitriles is 1. The summed E-state index contributed by atoms with van der Waals surface area (Å²) in [5.41, 5.74) is 1.36. The van der Waals surface area contributed by atoms with E-state index in [1.165, 1.54) is 0 Å². The lowest BCUT2D eigenvalue weighted by atomic mass is 9.93. The minimum Gasteiger partial charge on any atom is -0.370 e. The molecule has 0 saturated heterocycles. The van der Waals surface area contributed by atoms with Gasteiger partial charge in [0, 0.05) is 25.9 Å². The first kappa shape index (κ1) is 12.9. The molecule has 1 saturated carbocycles. The van der Waals surface area contributed by atoms with Gasteiger partial charge in [-0.15, -0.1) is 0 Å². The molecular formula is C14H15ClN2O. The van der Waals surface area contributed by atoms with E-state index in [9.17, 15) is 10.1 Å². The highest BCUT2D eigenvalue weighted by Gasteiger charge is 2.24. The molecule has 0 heterocycles. The van der Waals surface area contributed by atoms with Gasteiger partial charge in [0.05, 0.1) is 16.3 Å². The largest absolute Gasteiger partial charge is 0.370 e. The predicted octanol–water partition coefficient (Wildman–Crippen LogP) is 3.16. The summed E-state index contributed by atoms with van der Waals surface area (Å²) in [4.78, 5) is 13.3. The highest BCUT2D eigenvalue weighted by molar-refractivity contribution is 6.32. The second-order valence-corrected chi connectivity index (χ2v) is 5.03. The Kier molecular flexibility index (Phi) is 3.88. The summed E-state index contributed by atoms with van der Waals surface area (Å²) in [5, 5.41) is 9.65. The quantitative estimate of drug-likeness (QED) is 0.822. The number of halogens is 1. The van der Waals surface area contributed by atoms with E-state index in [1.807, 2.05) is 19.2 Å². The molecule has 0 radical (unpaired) electrons. The van der Waals surface area contributed by atoms with Gasteiger partial charge in [0.25, 0.3) is 0 Å². The molecule has 1 aromatic carbocycles. The Morgan fingerprint density at radius 1 is 1.39 bits per heavy atom. The number of Topliss-reactive ketones (excluding diaryl/α,β-unsaturated/α-hetero) is 1. The van der Waals surface area contributed by atoms with Gasteiger partial charge in [-0.1, -0.05) is 17.7 Å². The monoisotopic (exact) mass is 262 g/mol. The number of anilines is 1. The zero-order valence-corrected chi connectivity index (χ0v) is 11.1. The number of carbonyl (C=O) groups excluding carboxylic acids is 1. The minimum atomic E-state index is 0.313. The zero-order chi connectivity index (χ0) is 13.1. The first-order valence-corrected chi connectivity index (χ1v) is 6.44. The number of nitrogens with zero attached hydrogens (tertiary/aromatic N) is 2. The molecular weight excluding hydrogens is 248 g/mol.